The number of methoxy groups -OCH3 is 2. The van der Waals surface area contributed by atoms with E-state index in [1.165, 1.54) is 5.56 Å². The molecule has 1 saturated heterocycles. The summed E-state index contributed by atoms with van der Waals surface area (Å²) in [5.74, 6) is 1.86. The summed E-state index contributed by atoms with van der Waals surface area (Å²) in [6.07, 6.45) is 0. The molecule has 0 aliphatic carbocycles. The van der Waals surface area contributed by atoms with E-state index in [1.807, 2.05) is 18.2 Å². The van der Waals surface area contributed by atoms with E-state index >= 15 is 0 Å². The van der Waals surface area contributed by atoms with E-state index in [2.05, 4.69) is 15.9 Å². The predicted molar refractivity (Wildman–Crippen MR) is 87.0 cm³/mol. The maximum absolute atomic E-state index is 5.41. The Kier molecular flexibility index (Phi) is 6.09. The Morgan fingerprint density at radius 3 is 2.85 bits per heavy atom. The number of thiocarbonyl (C=S) groups is 1. The van der Waals surface area contributed by atoms with Crippen LogP contribution in [0.25, 0.3) is 0 Å². The van der Waals surface area contributed by atoms with Crippen molar-refractivity contribution in [1.29, 1.82) is 0 Å². The zero-order valence-corrected chi connectivity index (χ0v) is 13.5. The fourth-order valence-electron chi connectivity index (χ4n) is 2.11. The molecule has 20 heavy (non-hydrogen) atoms. The molecular weight excluding hydrogens is 292 g/mol. The van der Waals surface area contributed by atoms with Crippen LogP contribution in [0.15, 0.2) is 24.3 Å². The Morgan fingerprint density at radius 2 is 2.10 bits per heavy atom. The second kappa shape index (κ2) is 7.83. The Hall–Kier alpha value is -0.820. The highest BCUT2D eigenvalue weighted by molar-refractivity contribution is 8.22. The van der Waals surface area contributed by atoms with E-state index in [9.17, 15) is 0 Å². The maximum atomic E-state index is 5.41. The van der Waals surface area contributed by atoms with Crippen LogP contribution < -0.4 is 4.74 Å². The third kappa shape index (κ3) is 4.09. The number of para-hydroxylation sites is 1. The molecule has 0 radical (unpaired) electrons. The van der Waals surface area contributed by atoms with Gasteiger partial charge in [-0.2, -0.15) is 0 Å². The van der Waals surface area contributed by atoms with E-state index in [4.69, 9.17) is 21.7 Å². The molecule has 0 aromatic heterocycles. The number of nitrogens with zero attached hydrogens (tertiary/aromatic N) is 2. The average Bonchev–Trinajstić information content (AvgIpc) is 2.48. The number of hydrogen-bond acceptors (Lipinski definition) is 5. The molecule has 0 amide bonds. The van der Waals surface area contributed by atoms with Gasteiger partial charge >= 0.3 is 0 Å². The molecular formula is C14H20N2O2S2. The first-order valence-corrected chi connectivity index (χ1v) is 7.89. The van der Waals surface area contributed by atoms with Crippen molar-refractivity contribution in [3.63, 3.8) is 0 Å². The minimum Gasteiger partial charge on any atom is -0.496 e. The smallest absolute Gasteiger partial charge is 0.138 e. The molecule has 1 aromatic rings. The van der Waals surface area contributed by atoms with Gasteiger partial charge in [-0.3, -0.25) is 4.90 Å². The molecule has 0 N–H and O–H groups in total. The van der Waals surface area contributed by atoms with Gasteiger partial charge in [-0.05, 0) is 6.07 Å². The second-order valence-corrected chi connectivity index (χ2v) is 6.16. The lowest BCUT2D eigenvalue weighted by Gasteiger charge is -2.36. The van der Waals surface area contributed by atoms with Crippen molar-refractivity contribution in [2.75, 3.05) is 39.9 Å². The zero-order valence-electron chi connectivity index (χ0n) is 11.9. The summed E-state index contributed by atoms with van der Waals surface area (Å²) in [5.41, 5.74) is 1.20. The topological polar surface area (TPSA) is 24.9 Å². The van der Waals surface area contributed by atoms with Gasteiger partial charge in [0.1, 0.15) is 10.1 Å². The van der Waals surface area contributed by atoms with Gasteiger partial charge in [0.05, 0.1) is 26.3 Å². The Bertz CT molecular complexity index is 457. The molecule has 1 aliphatic rings. The van der Waals surface area contributed by atoms with E-state index < -0.39 is 0 Å². The molecule has 110 valence electrons. The lowest BCUT2D eigenvalue weighted by molar-refractivity contribution is 0.143. The average molecular weight is 312 g/mol. The Morgan fingerprint density at radius 1 is 1.30 bits per heavy atom. The Labute approximate surface area is 130 Å². The van der Waals surface area contributed by atoms with Gasteiger partial charge in [-0.15, -0.1) is 0 Å². The quantitative estimate of drug-likeness (QED) is 0.748. The molecule has 4 nitrogen and oxygen atoms in total. The number of ether oxygens (including phenoxy) is 2. The lowest BCUT2D eigenvalue weighted by atomic mass is 10.2. The fraction of sp³-hybridized carbons (Fsp3) is 0.500. The van der Waals surface area contributed by atoms with Crippen molar-refractivity contribution in [2.24, 2.45) is 0 Å². The van der Waals surface area contributed by atoms with Gasteiger partial charge in [0.25, 0.3) is 0 Å². The van der Waals surface area contributed by atoms with Gasteiger partial charge in [-0.1, -0.05) is 42.2 Å². The van der Waals surface area contributed by atoms with Crippen LogP contribution in [0, 0.1) is 0 Å². The highest BCUT2D eigenvalue weighted by Gasteiger charge is 2.22. The largest absolute Gasteiger partial charge is 0.496 e. The maximum Gasteiger partial charge on any atom is 0.138 e. The molecule has 6 heteroatoms. The van der Waals surface area contributed by atoms with Gasteiger partial charge in [-0.25, -0.2) is 0 Å². The van der Waals surface area contributed by atoms with Crippen molar-refractivity contribution >= 4 is 28.3 Å². The first-order valence-electron chi connectivity index (χ1n) is 6.49. The van der Waals surface area contributed by atoms with Crippen LogP contribution in [-0.2, 0) is 11.3 Å². The second-order valence-electron chi connectivity index (χ2n) is 4.58. The number of benzene rings is 1. The minimum absolute atomic E-state index is 0.698. The summed E-state index contributed by atoms with van der Waals surface area (Å²) in [6.45, 7) is 3.24. The normalized spacial score (nSPS) is 16.5. The van der Waals surface area contributed by atoms with Crippen LogP contribution in [0.5, 0.6) is 5.75 Å². The van der Waals surface area contributed by atoms with Gasteiger partial charge < -0.3 is 14.4 Å². The van der Waals surface area contributed by atoms with Crippen molar-refractivity contribution in [3.05, 3.63) is 29.8 Å². The predicted octanol–water partition coefficient (Wildman–Crippen LogP) is 2.39. The molecule has 2 rings (SSSR count). The fourth-order valence-corrected chi connectivity index (χ4v) is 3.22. The van der Waals surface area contributed by atoms with Crippen molar-refractivity contribution < 1.29 is 9.47 Å². The number of rotatable bonds is 6. The third-order valence-corrected chi connectivity index (χ3v) is 4.76. The summed E-state index contributed by atoms with van der Waals surface area (Å²) in [5, 5.41) is 0. The molecule has 0 saturated carbocycles. The lowest BCUT2D eigenvalue weighted by Crippen LogP contribution is -2.45. The van der Waals surface area contributed by atoms with E-state index in [0.29, 0.717) is 6.61 Å². The van der Waals surface area contributed by atoms with E-state index in [0.717, 1.165) is 35.7 Å². The molecule has 0 bridgehead atoms. The van der Waals surface area contributed by atoms with Crippen LogP contribution >= 0.6 is 24.0 Å². The van der Waals surface area contributed by atoms with Gasteiger partial charge in [0.2, 0.25) is 0 Å². The monoisotopic (exact) mass is 312 g/mol. The Balaban J connectivity index is 1.97. The summed E-state index contributed by atoms with van der Waals surface area (Å²) in [4.78, 5) is 4.54. The number of hydrogen-bond donors (Lipinski definition) is 0. The van der Waals surface area contributed by atoms with Crippen LogP contribution in [0.2, 0.25) is 0 Å². The first-order chi connectivity index (χ1) is 9.74. The number of thioether (sulfide) groups is 1. The third-order valence-electron chi connectivity index (χ3n) is 3.15. The van der Waals surface area contributed by atoms with Gasteiger partial charge in [0.15, 0.2) is 0 Å². The van der Waals surface area contributed by atoms with Crippen LogP contribution in [0.3, 0.4) is 0 Å². The standard InChI is InChI=1S/C14H20N2O2S2/c1-17-8-7-16-10-15(11-20-14(16)19)9-12-5-3-4-6-13(12)18-2/h3-6H,7-11H2,1-2H3. The van der Waals surface area contributed by atoms with Crippen LogP contribution in [0.1, 0.15) is 5.56 Å². The van der Waals surface area contributed by atoms with Crippen LogP contribution in [-0.4, -0.2) is 54.0 Å². The molecule has 1 fully saturated rings. The molecule has 0 spiro atoms. The van der Waals surface area contributed by atoms with E-state index in [-0.39, 0.29) is 0 Å². The van der Waals surface area contributed by atoms with Crippen molar-refractivity contribution in [2.45, 2.75) is 6.54 Å². The highest BCUT2D eigenvalue weighted by atomic mass is 32.2. The summed E-state index contributed by atoms with van der Waals surface area (Å²) < 4.78 is 11.5. The summed E-state index contributed by atoms with van der Waals surface area (Å²) in [7, 11) is 3.43. The molecule has 1 heterocycles. The highest BCUT2D eigenvalue weighted by Crippen LogP contribution is 2.24. The minimum atomic E-state index is 0.698. The molecule has 0 unspecified atom stereocenters. The van der Waals surface area contributed by atoms with Crippen molar-refractivity contribution in [3.8, 4) is 5.75 Å². The van der Waals surface area contributed by atoms with Gasteiger partial charge in [0, 0.05) is 25.8 Å². The zero-order chi connectivity index (χ0) is 14.4. The van der Waals surface area contributed by atoms with Crippen molar-refractivity contribution in [1.82, 2.24) is 9.80 Å². The molecule has 1 aromatic carbocycles. The summed E-state index contributed by atoms with van der Waals surface area (Å²) >= 11 is 7.09. The molecule has 0 atom stereocenters. The van der Waals surface area contributed by atoms with Crippen LogP contribution in [0.4, 0.5) is 0 Å². The van der Waals surface area contributed by atoms with E-state index in [1.54, 1.807) is 26.0 Å². The SMILES string of the molecule is COCCN1CN(Cc2ccccc2OC)CSC1=S. The molecule has 1 aliphatic heterocycles. The summed E-state index contributed by atoms with van der Waals surface area (Å²) in [6, 6.07) is 8.14. The first kappa shape index (κ1) is 15.6.